The van der Waals surface area contributed by atoms with Crippen molar-refractivity contribution in [2.45, 2.75) is 78.1 Å². The Morgan fingerprint density at radius 2 is 1.68 bits per heavy atom. The maximum absolute atomic E-state index is 2.56. The summed E-state index contributed by atoms with van der Waals surface area (Å²) in [6.45, 7) is 7.04. The Bertz CT molecular complexity index is 537. The first-order valence-corrected chi connectivity index (χ1v) is 9.05. The Morgan fingerprint density at radius 3 is 2.32 bits per heavy atom. The summed E-state index contributed by atoms with van der Waals surface area (Å²) in [4.78, 5) is 0. The Labute approximate surface area is 155 Å². The fourth-order valence-electron chi connectivity index (χ4n) is 4.33. The third-order valence-corrected chi connectivity index (χ3v) is 6.06. The summed E-state index contributed by atoms with van der Waals surface area (Å²) < 4.78 is 0. The number of unbranched alkanes of at least 4 members (excludes halogenated alkanes) is 2. The number of allylic oxidation sites excluding steroid dienone is 1. The van der Waals surface area contributed by atoms with Gasteiger partial charge >= 0.3 is 0 Å². The molecule has 0 nitrogen and oxygen atoms in total. The quantitative estimate of drug-likeness (QED) is 0.346. The molecule has 0 fully saturated rings. The van der Waals surface area contributed by atoms with E-state index in [1.54, 1.807) is 16.7 Å². The van der Waals surface area contributed by atoms with Gasteiger partial charge in [-0.1, -0.05) is 64.3 Å². The monoisotopic (exact) mass is 462 g/mol. The van der Waals surface area contributed by atoms with Gasteiger partial charge in [-0.05, 0) is 59.8 Å². The van der Waals surface area contributed by atoms with Gasteiger partial charge in [-0.3, -0.25) is 0 Å². The van der Waals surface area contributed by atoms with Gasteiger partial charge in [-0.15, -0.1) is 0 Å². The molecule has 1 unspecified atom stereocenters. The van der Waals surface area contributed by atoms with Crippen LogP contribution in [-0.2, 0) is 38.7 Å². The Balaban J connectivity index is 0.00000176. The molecule has 22 heavy (non-hydrogen) atoms. The molecule has 0 amide bonds. The molecule has 0 aromatic heterocycles. The van der Waals surface area contributed by atoms with Crippen molar-refractivity contribution in [1.82, 2.24) is 0 Å². The zero-order valence-corrected chi connectivity index (χ0v) is 18.1. The van der Waals surface area contributed by atoms with Crippen molar-refractivity contribution in [2.24, 2.45) is 5.41 Å². The SMILES string of the molecule is CCCCCC1C=Cc2cc3c(cc21)CC(CC)(CC)C3.[Hf]. The van der Waals surface area contributed by atoms with E-state index in [1.165, 1.54) is 56.9 Å². The van der Waals surface area contributed by atoms with E-state index in [4.69, 9.17) is 0 Å². The topological polar surface area (TPSA) is 0 Å². The summed E-state index contributed by atoms with van der Waals surface area (Å²) in [6.07, 6.45) is 15.5. The number of hydrogen-bond acceptors (Lipinski definition) is 0. The van der Waals surface area contributed by atoms with Gasteiger partial charge < -0.3 is 0 Å². The molecular formula is C21H30Hf. The number of rotatable bonds is 6. The van der Waals surface area contributed by atoms with Crippen molar-refractivity contribution < 1.29 is 25.8 Å². The van der Waals surface area contributed by atoms with E-state index in [2.05, 4.69) is 45.1 Å². The van der Waals surface area contributed by atoms with Gasteiger partial charge in [0.25, 0.3) is 0 Å². The van der Waals surface area contributed by atoms with Crippen LogP contribution in [0, 0.1) is 5.41 Å². The van der Waals surface area contributed by atoms with Crippen molar-refractivity contribution >= 4 is 6.08 Å². The van der Waals surface area contributed by atoms with Crippen molar-refractivity contribution in [3.8, 4) is 0 Å². The first-order chi connectivity index (χ1) is 10.2. The minimum atomic E-state index is 0. The van der Waals surface area contributed by atoms with Crippen LogP contribution >= 0.6 is 0 Å². The largest absolute Gasteiger partial charge is 0.0764 e. The van der Waals surface area contributed by atoms with Crippen LogP contribution in [0.25, 0.3) is 6.08 Å². The smallest absolute Gasteiger partial charge is 0.00273 e. The molecule has 1 aromatic rings. The standard InChI is InChI=1S/C21H30.Hf/c1-4-7-8-9-16-10-11-17-12-18-14-21(5-2,6-3)15-19(18)13-20(16)17;/h10-13,16H,4-9,14-15H2,1-3H3;. The van der Waals surface area contributed by atoms with Crippen LogP contribution in [0.4, 0.5) is 0 Å². The van der Waals surface area contributed by atoms with Gasteiger partial charge in [-0.25, -0.2) is 0 Å². The number of hydrogen-bond donors (Lipinski definition) is 0. The molecule has 0 N–H and O–H groups in total. The molecule has 0 saturated carbocycles. The van der Waals surface area contributed by atoms with E-state index >= 15 is 0 Å². The molecule has 2 aliphatic carbocycles. The van der Waals surface area contributed by atoms with E-state index in [-0.39, 0.29) is 25.8 Å². The number of benzene rings is 1. The van der Waals surface area contributed by atoms with Gasteiger partial charge in [0.15, 0.2) is 0 Å². The molecule has 1 heteroatoms. The zero-order chi connectivity index (χ0) is 14.9. The van der Waals surface area contributed by atoms with Gasteiger partial charge in [0.1, 0.15) is 0 Å². The van der Waals surface area contributed by atoms with Crippen LogP contribution in [0.2, 0.25) is 0 Å². The minimum absolute atomic E-state index is 0. The fourth-order valence-corrected chi connectivity index (χ4v) is 4.33. The fraction of sp³-hybridized carbons (Fsp3) is 0.619. The van der Waals surface area contributed by atoms with Crippen LogP contribution in [0.5, 0.6) is 0 Å². The van der Waals surface area contributed by atoms with Gasteiger partial charge in [0, 0.05) is 31.8 Å². The van der Waals surface area contributed by atoms with E-state index < -0.39 is 0 Å². The minimum Gasteiger partial charge on any atom is -0.0764 e. The molecular weight excluding hydrogens is 431 g/mol. The van der Waals surface area contributed by atoms with E-state index in [9.17, 15) is 0 Å². The van der Waals surface area contributed by atoms with E-state index in [0.29, 0.717) is 11.3 Å². The Hall–Kier alpha value is -0.170. The summed E-state index contributed by atoms with van der Waals surface area (Å²) in [7, 11) is 0. The maximum Gasteiger partial charge on any atom is 0.00273 e. The Morgan fingerprint density at radius 1 is 1.00 bits per heavy atom. The number of fused-ring (bicyclic) bond motifs is 2. The summed E-state index contributed by atoms with van der Waals surface area (Å²) in [5.41, 5.74) is 6.97. The molecule has 0 saturated heterocycles. The molecule has 3 rings (SSSR count). The molecule has 0 aliphatic heterocycles. The predicted octanol–water partition coefficient (Wildman–Crippen LogP) is 6.28. The second kappa shape index (κ2) is 7.60. The van der Waals surface area contributed by atoms with Crippen LogP contribution in [0.15, 0.2) is 18.2 Å². The van der Waals surface area contributed by atoms with Gasteiger partial charge in [0.2, 0.25) is 0 Å². The summed E-state index contributed by atoms with van der Waals surface area (Å²) in [5, 5.41) is 0. The molecule has 0 heterocycles. The summed E-state index contributed by atoms with van der Waals surface area (Å²) in [5.74, 6) is 0.690. The third-order valence-electron chi connectivity index (χ3n) is 6.06. The van der Waals surface area contributed by atoms with Crippen LogP contribution in [0.1, 0.15) is 87.5 Å². The van der Waals surface area contributed by atoms with Crippen molar-refractivity contribution in [3.05, 3.63) is 40.5 Å². The van der Waals surface area contributed by atoms with Crippen molar-refractivity contribution in [3.63, 3.8) is 0 Å². The predicted molar refractivity (Wildman–Crippen MR) is 92.8 cm³/mol. The van der Waals surface area contributed by atoms with Crippen LogP contribution in [-0.4, -0.2) is 0 Å². The van der Waals surface area contributed by atoms with E-state index in [0.717, 1.165) is 0 Å². The Kier molecular flexibility index (Phi) is 6.28. The molecule has 0 radical (unpaired) electrons. The molecule has 2 aliphatic rings. The molecule has 0 bridgehead atoms. The zero-order valence-electron chi connectivity index (χ0n) is 14.5. The molecule has 0 spiro atoms. The van der Waals surface area contributed by atoms with E-state index in [1.807, 2.05) is 0 Å². The van der Waals surface area contributed by atoms with Crippen LogP contribution < -0.4 is 0 Å². The first kappa shape index (κ1) is 18.2. The second-order valence-electron chi connectivity index (χ2n) is 7.27. The summed E-state index contributed by atoms with van der Waals surface area (Å²) >= 11 is 0. The van der Waals surface area contributed by atoms with Crippen LogP contribution in [0.3, 0.4) is 0 Å². The maximum atomic E-state index is 2.56. The molecule has 118 valence electrons. The third kappa shape index (κ3) is 3.35. The first-order valence-electron chi connectivity index (χ1n) is 9.05. The van der Waals surface area contributed by atoms with Crippen molar-refractivity contribution in [1.29, 1.82) is 0 Å². The van der Waals surface area contributed by atoms with Crippen molar-refractivity contribution in [2.75, 3.05) is 0 Å². The molecule has 1 aromatic carbocycles. The molecule has 1 atom stereocenters. The summed E-state index contributed by atoms with van der Waals surface area (Å²) in [6, 6.07) is 5.07. The average Bonchev–Trinajstić information content (AvgIpc) is 3.06. The average molecular weight is 461 g/mol. The second-order valence-corrected chi connectivity index (χ2v) is 7.27. The van der Waals surface area contributed by atoms with Gasteiger partial charge in [0.05, 0.1) is 0 Å². The normalized spacial score (nSPS) is 20.6. The van der Waals surface area contributed by atoms with Gasteiger partial charge in [-0.2, -0.15) is 0 Å².